The van der Waals surface area contributed by atoms with Crippen LogP contribution in [0.1, 0.15) is 71.1 Å². The predicted octanol–water partition coefficient (Wildman–Crippen LogP) is 0.320. The van der Waals surface area contributed by atoms with E-state index < -0.39 is 10.4 Å². The Morgan fingerprint density at radius 2 is 1.26 bits per heavy atom. The maximum absolute atomic E-state index is 10.0. The summed E-state index contributed by atoms with van der Waals surface area (Å²) in [5.74, 6) is 0. The van der Waals surface area contributed by atoms with Crippen molar-refractivity contribution in [2.75, 3.05) is 6.61 Å². The first-order valence-electron chi connectivity index (χ1n) is 6.83. The van der Waals surface area contributed by atoms with Crippen molar-refractivity contribution < 1.29 is 51.7 Å². The molecular formula is C12H25NaO5S. The van der Waals surface area contributed by atoms with Gasteiger partial charge in [-0.15, -0.1) is 4.33 Å². The van der Waals surface area contributed by atoms with Crippen molar-refractivity contribution >= 4 is 10.4 Å². The molecule has 0 radical (unpaired) electrons. The van der Waals surface area contributed by atoms with E-state index in [0.29, 0.717) is 6.42 Å². The van der Waals surface area contributed by atoms with Gasteiger partial charge in [0, 0.05) is 0 Å². The van der Waals surface area contributed by atoms with Crippen molar-refractivity contribution in [2.45, 2.75) is 71.1 Å². The largest absolute Gasteiger partial charge is 1.00 e. The van der Waals surface area contributed by atoms with Gasteiger partial charge in [-0.2, -0.15) is 0 Å². The van der Waals surface area contributed by atoms with Crippen LogP contribution < -0.4 is 29.6 Å². The van der Waals surface area contributed by atoms with E-state index >= 15 is 0 Å². The SMILES string of the molecule is CCCCCCCCCCCCOOS(=O)(=O)[O-].[Na+]. The Hall–Kier alpha value is 0.830. The van der Waals surface area contributed by atoms with Gasteiger partial charge in [-0.05, 0) is 6.42 Å². The molecule has 0 amide bonds. The van der Waals surface area contributed by atoms with Gasteiger partial charge in [0.15, 0.2) is 0 Å². The Balaban J connectivity index is 0. The molecule has 0 saturated heterocycles. The molecule has 0 spiro atoms. The van der Waals surface area contributed by atoms with Crippen LogP contribution in [0.2, 0.25) is 0 Å². The first-order chi connectivity index (χ1) is 8.56. The van der Waals surface area contributed by atoms with Gasteiger partial charge in [-0.25, -0.2) is 13.3 Å². The minimum atomic E-state index is -4.71. The summed E-state index contributed by atoms with van der Waals surface area (Å²) < 4.78 is 33.7. The zero-order valence-corrected chi connectivity index (χ0v) is 15.0. The minimum Gasteiger partial charge on any atom is -0.724 e. The molecule has 7 heteroatoms. The molecule has 0 fully saturated rings. The maximum Gasteiger partial charge on any atom is 1.00 e. The average molecular weight is 304 g/mol. The second kappa shape index (κ2) is 15.2. The molecule has 0 unspecified atom stereocenters. The Bertz CT molecular complexity index is 269. The number of hydrogen-bond donors (Lipinski definition) is 0. The molecule has 0 aromatic carbocycles. The molecule has 0 atom stereocenters. The standard InChI is InChI=1S/C12H26O5S.Na/c1-2-3-4-5-6-7-8-9-10-11-12-16-17-18(13,14)15;/h2-12H2,1H3,(H,13,14,15);/q;+1/p-1. The molecule has 0 aliphatic carbocycles. The zero-order chi connectivity index (χ0) is 13.7. The molecule has 0 bridgehead atoms. The molecule has 0 saturated carbocycles. The quantitative estimate of drug-likeness (QED) is 0.122. The van der Waals surface area contributed by atoms with Crippen molar-refractivity contribution in [1.82, 2.24) is 0 Å². The third kappa shape index (κ3) is 21.3. The third-order valence-corrected chi connectivity index (χ3v) is 2.98. The molecule has 0 aliphatic rings. The Morgan fingerprint density at radius 3 is 1.68 bits per heavy atom. The Labute approximate surface area is 139 Å². The molecular weight excluding hydrogens is 279 g/mol. The molecule has 19 heavy (non-hydrogen) atoms. The Kier molecular flexibility index (Phi) is 17.7. The van der Waals surface area contributed by atoms with E-state index in [1.165, 1.54) is 44.9 Å². The van der Waals surface area contributed by atoms with Crippen LogP contribution in [0.25, 0.3) is 0 Å². The summed E-state index contributed by atoms with van der Waals surface area (Å²) in [5.41, 5.74) is 0. The van der Waals surface area contributed by atoms with E-state index in [0.717, 1.165) is 12.8 Å². The van der Waals surface area contributed by atoms with Gasteiger partial charge in [0.25, 0.3) is 0 Å². The summed E-state index contributed by atoms with van der Waals surface area (Å²) >= 11 is 0. The van der Waals surface area contributed by atoms with Gasteiger partial charge in [-0.3, -0.25) is 0 Å². The van der Waals surface area contributed by atoms with Crippen LogP contribution in [0, 0.1) is 0 Å². The van der Waals surface area contributed by atoms with Gasteiger partial charge in [0.05, 0.1) is 6.61 Å². The molecule has 5 nitrogen and oxygen atoms in total. The molecule has 0 N–H and O–H groups in total. The van der Waals surface area contributed by atoms with Crippen molar-refractivity contribution in [3.05, 3.63) is 0 Å². The molecule has 0 heterocycles. The summed E-state index contributed by atoms with van der Waals surface area (Å²) in [5, 5.41) is 0. The van der Waals surface area contributed by atoms with Crippen LogP contribution in [0.3, 0.4) is 0 Å². The number of rotatable bonds is 13. The van der Waals surface area contributed by atoms with E-state index in [-0.39, 0.29) is 36.2 Å². The fraction of sp³-hybridized carbons (Fsp3) is 1.00. The van der Waals surface area contributed by atoms with Crippen molar-refractivity contribution in [2.24, 2.45) is 0 Å². The summed E-state index contributed by atoms with van der Waals surface area (Å²) in [7, 11) is -4.71. The van der Waals surface area contributed by atoms with Gasteiger partial charge in [-0.1, -0.05) is 64.7 Å². The third-order valence-electron chi connectivity index (χ3n) is 2.71. The minimum absolute atomic E-state index is 0. The molecule has 0 rings (SSSR count). The second-order valence-electron chi connectivity index (χ2n) is 4.48. The molecule has 0 aliphatic heterocycles. The van der Waals surface area contributed by atoms with Crippen LogP contribution in [-0.4, -0.2) is 19.6 Å². The van der Waals surface area contributed by atoms with Crippen LogP contribution in [0.15, 0.2) is 0 Å². The first-order valence-corrected chi connectivity index (χ1v) is 8.16. The topological polar surface area (TPSA) is 75.7 Å². The summed E-state index contributed by atoms with van der Waals surface area (Å²) in [6.45, 7) is 2.36. The monoisotopic (exact) mass is 304 g/mol. The van der Waals surface area contributed by atoms with Gasteiger partial charge in [0.1, 0.15) is 0 Å². The van der Waals surface area contributed by atoms with E-state index in [1.54, 1.807) is 0 Å². The van der Waals surface area contributed by atoms with Crippen LogP contribution in [0.4, 0.5) is 0 Å². The van der Waals surface area contributed by atoms with Gasteiger partial charge >= 0.3 is 29.6 Å². The van der Waals surface area contributed by atoms with E-state index in [9.17, 15) is 13.0 Å². The molecule has 0 aromatic heterocycles. The van der Waals surface area contributed by atoms with Crippen LogP contribution >= 0.6 is 0 Å². The molecule has 0 aromatic rings. The summed E-state index contributed by atoms with van der Waals surface area (Å²) in [4.78, 5) is 4.27. The van der Waals surface area contributed by atoms with Crippen LogP contribution in [-0.2, 0) is 19.6 Å². The van der Waals surface area contributed by atoms with Crippen molar-refractivity contribution in [3.63, 3.8) is 0 Å². The van der Waals surface area contributed by atoms with E-state index in [1.807, 2.05) is 0 Å². The summed E-state index contributed by atoms with van der Waals surface area (Å²) in [6.07, 6.45) is 11.8. The normalized spacial score (nSPS) is 11.3. The van der Waals surface area contributed by atoms with Gasteiger partial charge in [0.2, 0.25) is 10.4 Å². The zero-order valence-electron chi connectivity index (χ0n) is 12.2. The predicted molar refractivity (Wildman–Crippen MR) is 68.6 cm³/mol. The fourth-order valence-corrected chi connectivity index (χ4v) is 1.93. The molecule has 110 valence electrons. The number of unbranched alkanes of at least 4 members (excludes halogenated alkanes) is 9. The fourth-order valence-electron chi connectivity index (χ4n) is 1.74. The smallest absolute Gasteiger partial charge is 0.724 e. The van der Waals surface area contributed by atoms with Gasteiger partial charge < -0.3 is 4.55 Å². The number of hydrogen-bond acceptors (Lipinski definition) is 5. The van der Waals surface area contributed by atoms with Crippen molar-refractivity contribution in [3.8, 4) is 0 Å². The summed E-state index contributed by atoms with van der Waals surface area (Å²) in [6, 6.07) is 0. The Morgan fingerprint density at radius 1 is 0.842 bits per heavy atom. The van der Waals surface area contributed by atoms with E-state index in [4.69, 9.17) is 0 Å². The maximum atomic E-state index is 10.0. The van der Waals surface area contributed by atoms with Crippen molar-refractivity contribution in [1.29, 1.82) is 0 Å². The second-order valence-corrected chi connectivity index (χ2v) is 5.43. The van der Waals surface area contributed by atoms with Crippen LogP contribution in [0.5, 0.6) is 0 Å². The average Bonchev–Trinajstić information content (AvgIpc) is 2.29. The first kappa shape index (κ1) is 22.1. The van der Waals surface area contributed by atoms with E-state index in [2.05, 4.69) is 16.1 Å².